The third-order valence-electron chi connectivity index (χ3n) is 3.58. The summed E-state index contributed by atoms with van der Waals surface area (Å²) in [5.41, 5.74) is -0.651. The summed E-state index contributed by atoms with van der Waals surface area (Å²) >= 11 is 5.62. The fourth-order valence-corrected chi connectivity index (χ4v) is 4.07. The van der Waals surface area contributed by atoms with Crippen LogP contribution in [-0.2, 0) is 16.2 Å². The minimum Gasteiger partial charge on any atom is -0.307 e. The number of alkyl halides is 3. The summed E-state index contributed by atoms with van der Waals surface area (Å²) in [4.78, 5) is 0.890. The molecule has 1 atom stereocenters. The lowest BCUT2D eigenvalue weighted by Crippen LogP contribution is -2.36. The molecule has 0 aliphatic rings. The second-order valence-corrected chi connectivity index (χ2v) is 8.10. The zero-order valence-electron chi connectivity index (χ0n) is 14.1. The van der Waals surface area contributed by atoms with Crippen molar-refractivity contribution in [1.29, 1.82) is 0 Å². The molecular formula is C17H18ClF3N2O2S. The average Bonchev–Trinajstić information content (AvgIpc) is 2.53. The molecule has 0 aliphatic carbocycles. The van der Waals surface area contributed by atoms with E-state index in [-0.39, 0.29) is 11.6 Å². The van der Waals surface area contributed by atoms with Crippen LogP contribution in [0.3, 0.4) is 0 Å². The van der Waals surface area contributed by atoms with Gasteiger partial charge in [0.05, 0.1) is 16.5 Å². The van der Waals surface area contributed by atoms with Crippen molar-refractivity contribution < 1.29 is 21.6 Å². The molecule has 0 radical (unpaired) electrons. The van der Waals surface area contributed by atoms with Crippen molar-refractivity contribution in [2.45, 2.75) is 17.1 Å². The first-order chi connectivity index (χ1) is 12.0. The Morgan fingerprint density at radius 3 is 2.27 bits per heavy atom. The highest BCUT2D eigenvalue weighted by Crippen LogP contribution is 2.36. The van der Waals surface area contributed by atoms with Crippen molar-refractivity contribution in [3.8, 4) is 0 Å². The van der Waals surface area contributed by atoms with Gasteiger partial charge < -0.3 is 4.90 Å². The molecule has 26 heavy (non-hydrogen) atoms. The Hall–Kier alpha value is -1.61. The van der Waals surface area contributed by atoms with Crippen LogP contribution in [0, 0.1) is 0 Å². The predicted molar refractivity (Wildman–Crippen MR) is 94.5 cm³/mol. The minimum absolute atomic E-state index is 0.191. The van der Waals surface area contributed by atoms with Crippen LogP contribution < -0.4 is 4.72 Å². The number of nitrogens with one attached hydrogen (secondary N) is 1. The van der Waals surface area contributed by atoms with Gasteiger partial charge in [-0.15, -0.1) is 0 Å². The van der Waals surface area contributed by atoms with E-state index < -0.39 is 32.7 Å². The number of nitrogens with zero attached hydrogens (tertiary/aromatic N) is 1. The lowest BCUT2D eigenvalue weighted by molar-refractivity contribution is -0.139. The van der Waals surface area contributed by atoms with Crippen molar-refractivity contribution >= 4 is 21.6 Å². The van der Waals surface area contributed by atoms with Crippen LogP contribution in [0.2, 0.25) is 5.02 Å². The summed E-state index contributed by atoms with van der Waals surface area (Å²) < 4.78 is 67.6. The first-order valence-corrected chi connectivity index (χ1v) is 9.45. The summed E-state index contributed by atoms with van der Waals surface area (Å²) in [7, 11) is -0.952. The number of benzene rings is 2. The fourth-order valence-electron chi connectivity index (χ4n) is 2.47. The lowest BCUT2D eigenvalue weighted by Gasteiger charge is -2.23. The first kappa shape index (κ1) is 20.7. The third-order valence-corrected chi connectivity index (χ3v) is 5.35. The van der Waals surface area contributed by atoms with E-state index >= 15 is 0 Å². The standard InChI is InChI=1S/C17H18ClF3N2O2S/c1-23(2)11-15(12-6-4-3-5-7-12)22-26(24,25)16-9-8-13(18)10-14(16)17(19,20)21/h3-10,15,22H,11H2,1-2H3. The molecule has 0 saturated heterocycles. The molecule has 142 valence electrons. The van der Waals surface area contributed by atoms with Crippen molar-refractivity contribution in [3.05, 3.63) is 64.7 Å². The number of rotatable bonds is 6. The Bertz CT molecular complexity index is 856. The number of likely N-dealkylation sites (N-methyl/N-ethyl adjacent to an activating group) is 1. The average molecular weight is 407 g/mol. The van der Waals surface area contributed by atoms with Crippen LogP contribution >= 0.6 is 11.6 Å². The van der Waals surface area contributed by atoms with Crippen LogP contribution in [0.15, 0.2) is 53.4 Å². The van der Waals surface area contributed by atoms with Crippen molar-refractivity contribution in [2.24, 2.45) is 0 Å². The Labute approximate surface area is 155 Å². The van der Waals surface area contributed by atoms with E-state index in [1.54, 1.807) is 49.3 Å². The van der Waals surface area contributed by atoms with E-state index in [0.717, 1.165) is 12.1 Å². The molecule has 4 nitrogen and oxygen atoms in total. The van der Waals surface area contributed by atoms with Crippen LogP contribution in [-0.4, -0.2) is 34.0 Å². The highest BCUT2D eigenvalue weighted by atomic mass is 35.5. The molecule has 2 rings (SSSR count). The van der Waals surface area contributed by atoms with Gasteiger partial charge in [-0.2, -0.15) is 13.2 Å². The number of halogens is 4. The Kier molecular flexibility index (Phi) is 6.33. The molecule has 0 spiro atoms. The van der Waals surface area contributed by atoms with Gasteiger partial charge >= 0.3 is 6.18 Å². The zero-order chi connectivity index (χ0) is 19.5. The maximum atomic E-state index is 13.3. The summed E-state index contributed by atoms with van der Waals surface area (Å²) in [5.74, 6) is 0. The molecular weight excluding hydrogens is 389 g/mol. The molecule has 1 unspecified atom stereocenters. The molecule has 2 aromatic rings. The second-order valence-electron chi connectivity index (χ2n) is 5.99. The normalized spacial score (nSPS) is 13.8. The maximum Gasteiger partial charge on any atom is 0.417 e. The summed E-state index contributed by atoms with van der Waals surface area (Å²) in [6.07, 6.45) is -4.85. The Morgan fingerprint density at radius 1 is 1.12 bits per heavy atom. The molecule has 9 heteroatoms. The highest BCUT2D eigenvalue weighted by molar-refractivity contribution is 7.89. The number of sulfonamides is 1. The first-order valence-electron chi connectivity index (χ1n) is 7.59. The van der Waals surface area contributed by atoms with E-state index in [4.69, 9.17) is 11.6 Å². The van der Waals surface area contributed by atoms with Gasteiger partial charge in [0.1, 0.15) is 0 Å². The maximum absolute atomic E-state index is 13.3. The quantitative estimate of drug-likeness (QED) is 0.790. The van der Waals surface area contributed by atoms with E-state index in [9.17, 15) is 21.6 Å². The van der Waals surface area contributed by atoms with Gasteiger partial charge in [0, 0.05) is 11.6 Å². The van der Waals surface area contributed by atoms with Crippen LogP contribution in [0.25, 0.3) is 0 Å². The van der Waals surface area contributed by atoms with Gasteiger partial charge in [0.2, 0.25) is 10.0 Å². The predicted octanol–water partition coefficient (Wildman–Crippen LogP) is 3.94. The molecule has 2 aromatic carbocycles. The zero-order valence-corrected chi connectivity index (χ0v) is 15.7. The van der Waals surface area contributed by atoms with Gasteiger partial charge in [0.25, 0.3) is 0 Å². The Balaban J connectivity index is 2.46. The fraction of sp³-hybridized carbons (Fsp3) is 0.294. The molecule has 0 heterocycles. The lowest BCUT2D eigenvalue weighted by atomic mass is 10.1. The van der Waals surface area contributed by atoms with E-state index in [1.807, 2.05) is 0 Å². The van der Waals surface area contributed by atoms with Crippen molar-refractivity contribution in [1.82, 2.24) is 9.62 Å². The van der Waals surface area contributed by atoms with Crippen LogP contribution in [0.5, 0.6) is 0 Å². The molecule has 0 aliphatic heterocycles. The summed E-state index contributed by atoms with van der Waals surface area (Å²) in [6, 6.07) is 10.5. The van der Waals surface area contributed by atoms with Crippen LogP contribution in [0.4, 0.5) is 13.2 Å². The topological polar surface area (TPSA) is 49.4 Å². The molecule has 0 amide bonds. The second kappa shape index (κ2) is 7.96. The van der Waals surface area contributed by atoms with E-state index in [2.05, 4.69) is 4.72 Å². The highest BCUT2D eigenvalue weighted by Gasteiger charge is 2.38. The number of hydrogen-bond acceptors (Lipinski definition) is 3. The smallest absolute Gasteiger partial charge is 0.307 e. The third kappa shape index (κ3) is 5.20. The monoisotopic (exact) mass is 406 g/mol. The molecule has 0 aromatic heterocycles. The minimum atomic E-state index is -4.85. The molecule has 0 fully saturated rings. The van der Waals surface area contributed by atoms with Gasteiger partial charge in [-0.25, -0.2) is 13.1 Å². The van der Waals surface area contributed by atoms with Gasteiger partial charge in [-0.1, -0.05) is 41.9 Å². The van der Waals surface area contributed by atoms with Gasteiger partial charge in [-0.05, 0) is 37.9 Å². The SMILES string of the molecule is CN(C)CC(NS(=O)(=O)c1ccc(Cl)cc1C(F)(F)F)c1ccccc1. The molecule has 0 bridgehead atoms. The van der Waals surface area contributed by atoms with Crippen molar-refractivity contribution in [2.75, 3.05) is 20.6 Å². The summed E-state index contributed by atoms with van der Waals surface area (Å²) in [6.45, 7) is 0.276. The van der Waals surface area contributed by atoms with Crippen molar-refractivity contribution in [3.63, 3.8) is 0 Å². The van der Waals surface area contributed by atoms with E-state index in [1.165, 1.54) is 0 Å². The van der Waals surface area contributed by atoms with E-state index in [0.29, 0.717) is 11.6 Å². The molecule has 0 saturated carbocycles. The Morgan fingerprint density at radius 2 is 1.73 bits per heavy atom. The van der Waals surface area contributed by atoms with Gasteiger partial charge in [-0.3, -0.25) is 0 Å². The van der Waals surface area contributed by atoms with Gasteiger partial charge in [0.15, 0.2) is 0 Å². The summed E-state index contributed by atoms with van der Waals surface area (Å²) in [5, 5.41) is -0.191. The largest absolute Gasteiger partial charge is 0.417 e. The molecule has 1 N–H and O–H groups in total. The van der Waals surface area contributed by atoms with Crippen LogP contribution in [0.1, 0.15) is 17.2 Å². The number of hydrogen-bond donors (Lipinski definition) is 1.